The molecule has 2 aliphatic carbocycles. The molecular weight excluding hydrogens is 182 g/mol. The maximum absolute atomic E-state index is 4.85. The van der Waals surface area contributed by atoms with Gasteiger partial charge in [0.15, 0.2) is 0 Å². The maximum Gasteiger partial charge on any atom is 0.0472 e. The molecule has 0 spiro atoms. The molecule has 1 aromatic heterocycles. The summed E-state index contributed by atoms with van der Waals surface area (Å²) in [5.41, 5.74) is 4.25. The number of aryl methyl sites for hydroxylation is 1. The quantitative estimate of drug-likeness (QED) is 0.676. The van der Waals surface area contributed by atoms with E-state index in [2.05, 4.69) is 26.0 Å². The Morgan fingerprint density at radius 2 is 2.20 bits per heavy atom. The van der Waals surface area contributed by atoms with Gasteiger partial charge in [-0.3, -0.25) is 4.98 Å². The van der Waals surface area contributed by atoms with Gasteiger partial charge in [0.05, 0.1) is 0 Å². The molecule has 3 unspecified atom stereocenters. The predicted molar refractivity (Wildman–Crippen MR) is 62.1 cm³/mol. The van der Waals surface area contributed by atoms with Crippen molar-refractivity contribution in [2.45, 2.75) is 51.4 Å². The number of aromatic nitrogens is 1. The first kappa shape index (κ1) is 9.38. The summed E-state index contributed by atoms with van der Waals surface area (Å²) in [4.78, 5) is 4.85. The molecule has 2 bridgehead atoms. The second kappa shape index (κ2) is 3.33. The van der Waals surface area contributed by atoms with Crippen molar-refractivity contribution in [3.05, 3.63) is 29.1 Å². The van der Waals surface area contributed by atoms with Crippen LogP contribution in [0.3, 0.4) is 0 Å². The molecule has 1 heterocycles. The third-order valence-corrected chi connectivity index (χ3v) is 4.43. The summed E-state index contributed by atoms with van der Waals surface area (Å²) < 4.78 is 0. The topological polar surface area (TPSA) is 12.9 Å². The van der Waals surface area contributed by atoms with Crippen molar-refractivity contribution in [3.8, 4) is 0 Å². The van der Waals surface area contributed by atoms with Gasteiger partial charge in [-0.2, -0.15) is 0 Å². The van der Waals surface area contributed by atoms with Gasteiger partial charge in [-0.25, -0.2) is 0 Å². The first-order valence-electron chi connectivity index (χ1n) is 6.29. The minimum Gasteiger partial charge on any atom is -0.257 e. The molecule has 0 amide bonds. The SMILES string of the molecule is CCc1ccc2c(n1)C(C)C1CCC2C1. The van der Waals surface area contributed by atoms with Crippen molar-refractivity contribution < 1.29 is 0 Å². The van der Waals surface area contributed by atoms with Gasteiger partial charge >= 0.3 is 0 Å². The zero-order valence-corrected chi connectivity index (χ0v) is 9.66. The van der Waals surface area contributed by atoms with Gasteiger partial charge in [-0.1, -0.05) is 19.9 Å². The van der Waals surface area contributed by atoms with Crippen molar-refractivity contribution in [1.82, 2.24) is 4.98 Å². The molecule has 3 atom stereocenters. The van der Waals surface area contributed by atoms with Crippen LogP contribution in [0.4, 0.5) is 0 Å². The molecule has 15 heavy (non-hydrogen) atoms. The van der Waals surface area contributed by atoms with Crippen LogP contribution in [-0.2, 0) is 6.42 Å². The summed E-state index contributed by atoms with van der Waals surface area (Å²) >= 11 is 0. The Morgan fingerprint density at radius 1 is 1.33 bits per heavy atom. The van der Waals surface area contributed by atoms with E-state index < -0.39 is 0 Å². The molecule has 3 rings (SSSR count). The highest BCUT2D eigenvalue weighted by Crippen LogP contribution is 2.51. The van der Waals surface area contributed by atoms with Gasteiger partial charge in [-0.15, -0.1) is 0 Å². The number of fused-ring (bicyclic) bond motifs is 4. The van der Waals surface area contributed by atoms with Crippen LogP contribution < -0.4 is 0 Å². The summed E-state index contributed by atoms with van der Waals surface area (Å²) in [6.45, 7) is 4.56. The monoisotopic (exact) mass is 201 g/mol. The van der Waals surface area contributed by atoms with E-state index in [9.17, 15) is 0 Å². The highest BCUT2D eigenvalue weighted by Gasteiger charge is 2.38. The largest absolute Gasteiger partial charge is 0.257 e. The van der Waals surface area contributed by atoms with Crippen molar-refractivity contribution >= 4 is 0 Å². The van der Waals surface area contributed by atoms with Crippen LogP contribution in [0.5, 0.6) is 0 Å². The highest BCUT2D eigenvalue weighted by atomic mass is 14.7. The lowest BCUT2D eigenvalue weighted by Crippen LogP contribution is -2.17. The zero-order chi connectivity index (χ0) is 10.4. The number of rotatable bonds is 1. The molecule has 0 aliphatic heterocycles. The maximum atomic E-state index is 4.85. The first-order valence-corrected chi connectivity index (χ1v) is 6.29. The minimum absolute atomic E-state index is 0.699. The molecule has 2 aliphatic rings. The van der Waals surface area contributed by atoms with Crippen LogP contribution in [0.1, 0.15) is 61.9 Å². The number of hydrogen-bond acceptors (Lipinski definition) is 1. The molecule has 1 fully saturated rings. The Balaban J connectivity index is 2.10. The molecule has 1 nitrogen and oxygen atoms in total. The fourth-order valence-corrected chi connectivity index (χ4v) is 3.41. The summed E-state index contributed by atoms with van der Waals surface area (Å²) in [5.74, 6) is 2.45. The van der Waals surface area contributed by atoms with Crippen LogP contribution in [-0.4, -0.2) is 4.98 Å². The third kappa shape index (κ3) is 1.32. The standard InChI is InChI=1S/C14H19N/c1-3-12-6-7-13-11-5-4-10(8-11)9(2)14(13)15-12/h6-7,9-11H,3-5,8H2,1-2H3. The molecule has 1 aromatic rings. The molecule has 1 heteroatoms. The lowest BCUT2D eigenvalue weighted by atomic mass is 9.79. The fraction of sp³-hybridized carbons (Fsp3) is 0.643. The molecule has 0 saturated heterocycles. The smallest absolute Gasteiger partial charge is 0.0472 e. The van der Waals surface area contributed by atoms with Crippen LogP contribution in [0, 0.1) is 5.92 Å². The van der Waals surface area contributed by atoms with Gasteiger partial charge in [0, 0.05) is 17.3 Å². The zero-order valence-electron chi connectivity index (χ0n) is 9.66. The van der Waals surface area contributed by atoms with Crippen molar-refractivity contribution in [1.29, 1.82) is 0 Å². The van der Waals surface area contributed by atoms with Crippen LogP contribution in [0.25, 0.3) is 0 Å². The second-order valence-corrected chi connectivity index (χ2v) is 5.19. The van der Waals surface area contributed by atoms with Gasteiger partial charge in [0.2, 0.25) is 0 Å². The second-order valence-electron chi connectivity index (χ2n) is 5.19. The van der Waals surface area contributed by atoms with E-state index in [-0.39, 0.29) is 0 Å². The lowest BCUT2D eigenvalue weighted by Gasteiger charge is -2.28. The number of nitrogens with zero attached hydrogens (tertiary/aromatic N) is 1. The Labute approximate surface area is 91.9 Å². The van der Waals surface area contributed by atoms with E-state index in [1.165, 1.54) is 30.7 Å². The summed E-state index contributed by atoms with van der Waals surface area (Å²) in [6.07, 6.45) is 5.30. The Hall–Kier alpha value is -0.850. The highest BCUT2D eigenvalue weighted by molar-refractivity contribution is 5.34. The van der Waals surface area contributed by atoms with Crippen LogP contribution in [0.2, 0.25) is 0 Å². The normalized spacial score (nSPS) is 32.8. The average molecular weight is 201 g/mol. The summed E-state index contributed by atoms with van der Waals surface area (Å²) in [6, 6.07) is 4.58. The molecule has 0 radical (unpaired) electrons. The first-order chi connectivity index (χ1) is 7.29. The van der Waals surface area contributed by atoms with Gasteiger partial charge in [0.1, 0.15) is 0 Å². The Kier molecular flexibility index (Phi) is 2.08. The van der Waals surface area contributed by atoms with Crippen LogP contribution >= 0.6 is 0 Å². The van der Waals surface area contributed by atoms with Gasteiger partial charge < -0.3 is 0 Å². The molecule has 0 aromatic carbocycles. The average Bonchev–Trinajstić information content (AvgIpc) is 2.72. The molecule has 80 valence electrons. The number of pyridine rings is 1. The van der Waals surface area contributed by atoms with E-state index in [1.54, 1.807) is 5.56 Å². The Morgan fingerprint density at radius 3 is 3.00 bits per heavy atom. The van der Waals surface area contributed by atoms with Crippen molar-refractivity contribution in [2.24, 2.45) is 5.92 Å². The van der Waals surface area contributed by atoms with E-state index in [0.29, 0.717) is 5.92 Å². The third-order valence-electron chi connectivity index (χ3n) is 4.43. The van der Waals surface area contributed by atoms with Crippen LogP contribution in [0.15, 0.2) is 12.1 Å². The number of hydrogen-bond donors (Lipinski definition) is 0. The summed E-state index contributed by atoms with van der Waals surface area (Å²) in [5, 5.41) is 0. The van der Waals surface area contributed by atoms with Gasteiger partial charge in [-0.05, 0) is 49.1 Å². The van der Waals surface area contributed by atoms with E-state index in [0.717, 1.165) is 18.3 Å². The van der Waals surface area contributed by atoms with Crippen molar-refractivity contribution in [2.75, 3.05) is 0 Å². The van der Waals surface area contributed by atoms with E-state index in [1.807, 2.05) is 0 Å². The summed E-state index contributed by atoms with van der Waals surface area (Å²) in [7, 11) is 0. The van der Waals surface area contributed by atoms with Gasteiger partial charge in [0.25, 0.3) is 0 Å². The molecular formula is C14H19N. The van der Waals surface area contributed by atoms with E-state index >= 15 is 0 Å². The molecule has 1 saturated carbocycles. The lowest BCUT2D eigenvalue weighted by molar-refractivity contribution is 0.422. The Bertz CT molecular complexity index is 383. The minimum atomic E-state index is 0.699. The van der Waals surface area contributed by atoms with E-state index in [4.69, 9.17) is 4.98 Å². The predicted octanol–water partition coefficient (Wildman–Crippen LogP) is 3.64. The molecule has 0 N–H and O–H groups in total. The van der Waals surface area contributed by atoms with Crippen molar-refractivity contribution in [3.63, 3.8) is 0 Å². The fourth-order valence-electron chi connectivity index (χ4n) is 3.41.